The average molecular weight is 504 g/mol. The van der Waals surface area contributed by atoms with E-state index in [0.717, 1.165) is 41.4 Å². The van der Waals surface area contributed by atoms with Gasteiger partial charge in [-0.2, -0.15) is 11.8 Å². The van der Waals surface area contributed by atoms with Gasteiger partial charge in [-0.15, -0.1) is 0 Å². The molecule has 36 heavy (non-hydrogen) atoms. The molecule has 1 atom stereocenters. The highest BCUT2D eigenvalue weighted by molar-refractivity contribution is 7.98. The third kappa shape index (κ3) is 8.87. The van der Waals surface area contributed by atoms with Gasteiger partial charge in [-0.05, 0) is 69.7 Å². The minimum atomic E-state index is 0.0918. The monoisotopic (exact) mass is 503 g/mol. The number of likely N-dealkylation sites (N-methyl/N-ethyl adjacent to an activating group) is 1. The van der Waals surface area contributed by atoms with Crippen molar-refractivity contribution in [2.45, 2.75) is 39.7 Å². The fourth-order valence-electron chi connectivity index (χ4n) is 3.84. The molecule has 0 aromatic heterocycles. The van der Waals surface area contributed by atoms with Crippen LogP contribution in [0.25, 0.3) is 0 Å². The number of hydrogen-bond acceptors (Lipinski definition) is 4. The van der Waals surface area contributed by atoms with Crippen LogP contribution in [0, 0.1) is 6.92 Å². The van der Waals surface area contributed by atoms with Gasteiger partial charge in [0.1, 0.15) is 0 Å². The summed E-state index contributed by atoms with van der Waals surface area (Å²) in [6.45, 7) is 5.73. The molecule has 2 aromatic rings. The fraction of sp³-hybridized carbons (Fsp3) is 0.355. The Hall–Kier alpha value is -3.05. The number of benzene rings is 2. The standard InChI is InChI=1S/C16H17NO.C15H24N2S/c1-12-7-9-15(10-8-12)17(3)16-6-4-5-14(11-16)13(2)18;1-13(16-2)17(3)15(12-18-4)14-10-8-6-5-7-9-11-14/h4-11H,1-3H3;6-10,15H,5,11-12H2,1-4H3/b;8-6-,9-7?,14-10+,16-13?/t;15-/m.1/s1. The molecule has 0 saturated carbocycles. The van der Waals surface area contributed by atoms with Crippen molar-refractivity contribution in [1.82, 2.24) is 4.90 Å². The van der Waals surface area contributed by atoms with Gasteiger partial charge in [0.05, 0.1) is 11.9 Å². The molecular weight excluding hydrogens is 462 g/mol. The number of aliphatic imine (C=N–C) groups is 1. The second kappa shape index (κ2) is 15.1. The average Bonchev–Trinajstić information content (AvgIpc) is 2.87. The Kier molecular flexibility index (Phi) is 12.3. The van der Waals surface area contributed by atoms with Gasteiger partial charge in [0.15, 0.2) is 5.78 Å². The summed E-state index contributed by atoms with van der Waals surface area (Å²) in [5.41, 5.74) is 5.58. The zero-order valence-corrected chi connectivity index (χ0v) is 23.7. The van der Waals surface area contributed by atoms with Crippen molar-refractivity contribution in [3.63, 3.8) is 0 Å². The lowest BCUT2D eigenvalue weighted by Gasteiger charge is -2.31. The zero-order valence-electron chi connectivity index (χ0n) is 22.9. The topological polar surface area (TPSA) is 35.9 Å². The summed E-state index contributed by atoms with van der Waals surface area (Å²) in [5, 5.41) is 0. The van der Waals surface area contributed by atoms with Crippen LogP contribution in [0.3, 0.4) is 0 Å². The van der Waals surface area contributed by atoms with Crippen LogP contribution in [0.5, 0.6) is 0 Å². The lowest BCUT2D eigenvalue weighted by molar-refractivity contribution is 0.101. The molecule has 5 heteroatoms. The van der Waals surface area contributed by atoms with E-state index in [9.17, 15) is 4.79 Å². The first-order valence-electron chi connectivity index (χ1n) is 12.4. The zero-order chi connectivity index (χ0) is 26.5. The van der Waals surface area contributed by atoms with Crippen molar-refractivity contribution in [2.24, 2.45) is 4.99 Å². The quantitative estimate of drug-likeness (QED) is 0.170. The molecule has 3 rings (SSSR count). The van der Waals surface area contributed by atoms with E-state index in [1.54, 1.807) is 6.92 Å². The van der Waals surface area contributed by atoms with Gasteiger partial charge in [0, 0.05) is 43.8 Å². The summed E-state index contributed by atoms with van der Waals surface area (Å²) in [6.07, 6.45) is 15.4. The molecule has 2 aromatic carbocycles. The van der Waals surface area contributed by atoms with E-state index < -0.39 is 0 Å². The third-order valence-electron chi connectivity index (χ3n) is 6.35. The van der Waals surface area contributed by atoms with Gasteiger partial charge in [-0.1, -0.05) is 60.2 Å². The van der Waals surface area contributed by atoms with Gasteiger partial charge in [-0.25, -0.2) is 0 Å². The van der Waals surface area contributed by atoms with Crippen molar-refractivity contribution in [3.05, 3.63) is 95.6 Å². The van der Waals surface area contributed by atoms with Crippen LogP contribution >= 0.6 is 11.8 Å². The number of amidine groups is 1. The Morgan fingerprint density at radius 1 is 1.03 bits per heavy atom. The number of anilines is 2. The van der Waals surface area contributed by atoms with E-state index >= 15 is 0 Å². The Labute approximate surface area is 222 Å². The lowest BCUT2D eigenvalue weighted by atomic mass is 10.0. The van der Waals surface area contributed by atoms with Crippen LogP contribution in [0.4, 0.5) is 11.4 Å². The maximum Gasteiger partial charge on any atom is 0.159 e. The molecule has 0 unspecified atom stereocenters. The molecule has 0 radical (unpaired) electrons. The van der Waals surface area contributed by atoms with Gasteiger partial charge < -0.3 is 9.80 Å². The van der Waals surface area contributed by atoms with Crippen LogP contribution in [0.15, 0.2) is 89.5 Å². The first-order chi connectivity index (χ1) is 17.3. The predicted octanol–water partition coefficient (Wildman–Crippen LogP) is 7.50. The summed E-state index contributed by atoms with van der Waals surface area (Å²) < 4.78 is 0. The van der Waals surface area contributed by atoms with Crippen LogP contribution < -0.4 is 4.90 Å². The van der Waals surface area contributed by atoms with Crippen molar-refractivity contribution >= 4 is 34.8 Å². The summed E-state index contributed by atoms with van der Waals surface area (Å²) in [5.74, 6) is 2.27. The van der Waals surface area contributed by atoms with Crippen LogP contribution in [-0.2, 0) is 0 Å². The first-order valence-corrected chi connectivity index (χ1v) is 13.7. The van der Waals surface area contributed by atoms with Gasteiger partial charge in [0.25, 0.3) is 0 Å². The van der Waals surface area contributed by atoms with E-state index in [0.29, 0.717) is 6.04 Å². The smallest absolute Gasteiger partial charge is 0.159 e. The Morgan fingerprint density at radius 3 is 2.39 bits per heavy atom. The third-order valence-corrected chi connectivity index (χ3v) is 7.00. The summed E-state index contributed by atoms with van der Waals surface area (Å²) in [7, 11) is 5.99. The van der Waals surface area contributed by atoms with Crippen molar-refractivity contribution in [1.29, 1.82) is 0 Å². The highest BCUT2D eigenvalue weighted by Crippen LogP contribution is 2.24. The minimum absolute atomic E-state index is 0.0918. The fourth-order valence-corrected chi connectivity index (χ4v) is 4.59. The van der Waals surface area contributed by atoms with E-state index in [2.05, 4.69) is 96.6 Å². The number of rotatable bonds is 7. The molecule has 192 valence electrons. The summed E-state index contributed by atoms with van der Waals surface area (Å²) in [6, 6.07) is 16.4. The number of aryl methyl sites for hydroxylation is 1. The molecular formula is C31H41N3OS. The normalized spacial score (nSPS) is 16.4. The number of nitrogens with zero attached hydrogens (tertiary/aromatic N) is 3. The highest BCUT2D eigenvalue weighted by atomic mass is 32.2. The SMILES string of the molecule is CC(=O)c1cccc(N(C)c2ccc(C)cc2)c1.CN=C(C)N(C)[C@H](CSC)/C1=C/C=C\CC=CC1. The van der Waals surface area contributed by atoms with Gasteiger partial charge in [0.2, 0.25) is 0 Å². The molecule has 0 amide bonds. The second-order valence-electron chi connectivity index (χ2n) is 8.93. The Morgan fingerprint density at radius 2 is 1.75 bits per heavy atom. The van der Waals surface area contributed by atoms with Crippen LogP contribution in [0.2, 0.25) is 0 Å². The highest BCUT2D eigenvalue weighted by Gasteiger charge is 2.19. The largest absolute Gasteiger partial charge is 0.356 e. The number of thioether (sulfide) groups is 1. The Balaban J connectivity index is 0.000000254. The molecule has 0 fully saturated rings. The van der Waals surface area contributed by atoms with Crippen LogP contribution in [0.1, 0.15) is 42.6 Å². The van der Waals surface area contributed by atoms with Gasteiger partial charge >= 0.3 is 0 Å². The molecule has 4 nitrogen and oxygen atoms in total. The van der Waals surface area contributed by atoms with Gasteiger partial charge in [-0.3, -0.25) is 9.79 Å². The molecule has 1 aliphatic carbocycles. The molecule has 0 bridgehead atoms. The summed E-state index contributed by atoms with van der Waals surface area (Å²) >= 11 is 1.89. The number of carbonyl (C=O) groups excluding carboxylic acids is 1. The molecule has 0 aliphatic heterocycles. The maximum absolute atomic E-state index is 11.4. The van der Waals surface area contributed by atoms with E-state index in [1.165, 1.54) is 11.1 Å². The molecule has 1 aliphatic rings. The van der Waals surface area contributed by atoms with E-state index in [1.807, 2.05) is 50.1 Å². The minimum Gasteiger partial charge on any atom is -0.356 e. The van der Waals surface area contributed by atoms with E-state index in [4.69, 9.17) is 0 Å². The molecule has 0 spiro atoms. The summed E-state index contributed by atoms with van der Waals surface area (Å²) in [4.78, 5) is 20.0. The van der Waals surface area contributed by atoms with Crippen molar-refractivity contribution in [3.8, 4) is 0 Å². The number of ketones is 1. The van der Waals surface area contributed by atoms with Crippen LogP contribution in [-0.4, -0.2) is 55.7 Å². The molecule has 0 saturated heterocycles. The number of Topliss-reactive ketones (excluding diaryl/α,β-unsaturated/α-hetero) is 1. The van der Waals surface area contributed by atoms with Crippen molar-refractivity contribution in [2.75, 3.05) is 38.1 Å². The molecule has 0 heterocycles. The predicted molar refractivity (Wildman–Crippen MR) is 160 cm³/mol. The Bertz CT molecular complexity index is 1100. The number of allylic oxidation sites excluding steroid dienone is 5. The maximum atomic E-state index is 11.4. The lowest BCUT2D eigenvalue weighted by Crippen LogP contribution is -2.38. The first kappa shape index (κ1) is 29.2. The number of hydrogen-bond donors (Lipinski definition) is 0. The second-order valence-corrected chi connectivity index (χ2v) is 9.85. The van der Waals surface area contributed by atoms with Crippen molar-refractivity contribution < 1.29 is 4.79 Å². The van der Waals surface area contributed by atoms with E-state index in [-0.39, 0.29) is 5.78 Å². The number of carbonyl (C=O) groups is 1. The molecule has 0 N–H and O–H groups in total.